The van der Waals surface area contributed by atoms with Gasteiger partial charge in [0.05, 0.1) is 0 Å². The van der Waals surface area contributed by atoms with Gasteiger partial charge in [0, 0.05) is 31.1 Å². The van der Waals surface area contributed by atoms with E-state index in [1.807, 2.05) is 41.3 Å². The molecule has 3 nitrogen and oxygen atoms in total. The summed E-state index contributed by atoms with van der Waals surface area (Å²) < 4.78 is 13.8. The summed E-state index contributed by atoms with van der Waals surface area (Å²) in [5, 5.41) is 0. The Labute approximate surface area is 160 Å². The first kappa shape index (κ1) is 18.2. The molecule has 0 unspecified atom stereocenters. The van der Waals surface area contributed by atoms with Crippen LogP contribution in [0, 0.1) is 11.7 Å². The lowest BCUT2D eigenvalue weighted by Crippen LogP contribution is -2.36. The summed E-state index contributed by atoms with van der Waals surface area (Å²) in [6, 6.07) is 16.4. The minimum Gasteiger partial charge on any atom is -0.338 e. The third kappa shape index (κ3) is 4.22. The Morgan fingerprint density at radius 2 is 1.74 bits per heavy atom. The van der Waals surface area contributed by atoms with Gasteiger partial charge in [-0.05, 0) is 61.7 Å². The van der Waals surface area contributed by atoms with Crippen LogP contribution in [-0.4, -0.2) is 48.4 Å². The molecular weight excluding hydrogens is 339 g/mol. The average molecular weight is 366 g/mol. The van der Waals surface area contributed by atoms with Crippen LogP contribution in [0.4, 0.5) is 4.39 Å². The molecule has 2 aromatic carbocycles. The van der Waals surface area contributed by atoms with Gasteiger partial charge in [-0.2, -0.15) is 0 Å². The van der Waals surface area contributed by atoms with Crippen LogP contribution in [0.15, 0.2) is 54.6 Å². The van der Waals surface area contributed by atoms with E-state index in [0.29, 0.717) is 12.5 Å². The number of hydrogen-bond acceptors (Lipinski definition) is 2. The fourth-order valence-electron chi connectivity index (χ4n) is 4.57. The number of amides is 1. The SMILES string of the molecule is O=C(c1ccccc1)N1C[C@@H](CN2CCCCC2)[C@H](c2cccc(F)c2)C1. The summed E-state index contributed by atoms with van der Waals surface area (Å²) in [7, 11) is 0. The lowest BCUT2D eigenvalue weighted by Gasteiger charge is -2.31. The zero-order valence-electron chi connectivity index (χ0n) is 15.7. The van der Waals surface area contributed by atoms with Gasteiger partial charge in [0.1, 0.15) is 5.82 Å². The van der Waals surface area contributed by atoms with Crippen molar-refractivity contribution in [1.29, 1.82) is 0 Å². The molecule has 0 saturated carbocycles. The van der Waals surface area contributed by atoms with E-state index in [9.17, 15) is 9.18 Å². The molecule has 2 aliphatic rings. The number of nitrogens with zero attached hydrogens (tertiary/aromatic N) is 2. The van der Waals surface area contributed by atoms with Gasteiger partial charge in [-0.1, -0.05) is 36.8 Å². The Kier molecular flexibility index (Phi) is 5.53. The Hall–Kier alpha value is -2.20. The maximum absolute atomic E-state index is 13.8. The summed E-state index contributed by atoms with van der Waals surface area (Å²) in [5.41, 5.74) is 1.74. The highest BCUT2D eigenvalue weighted by molar-refractivity contribution is 5.94. The Balaban J connectivity index is 1.55. The standard InChI is InChI=1S/C23H27FN2O/c24-21-11-7-10-19(14-21)22-17-26(23(27)18-8-3-1-4-9-18)16-20(22)15-25-12-5-2-6-13-25/h1,3-4,7-11,14,20,22H,2,5-6,12-13,15-17H2/t20-,22+/m1/s1. The van der Waals surface area contributed by atoms with Crippen LogP contribution in [0.2, 0.25) is 0 Å². The molecule has 142 valence electrons. The minimum absolute atomic E-state index is 0.0816. The van der Waals surface area contributed by atoms with E-state index in [0.717, 1.165) is 37.3 Å². The third-order valence-corrected chi connectivity index (χ3v) is 5.97. The molecule has 0 aliphatic carbocycles. The number of piperidine rings is 1. The number of hydrogen-bond donors (Lipinski definition) is 0. The number of likely N-dealkylation sites (tertiary alicyclic amines) is 2. The first-order valence-corrected chi connectivity index (χ1v) is 10.0. The van der Waals surface area contributed by atoms with Gasteiger partial charge in [0.15, 0.2) is 0 Å². The maximum atomic E-state index is 13.8. The van der Waals surface area contributed by atoms with E-state index in [1.165, 1.54) is 25.3 Å². The normalized spacial score (nSPS) is 23.5. The number of carbonyl (C=O) groups excluding carboxylic acids is 1. The van der Waals surface area contributed by atoms with E-state index in [4.69, 9.17) is 0 Å². The molecule has 4 rings (SSSR count). The second-order valence-corrected chi connectivity index (χ2v) is 7.86. The average Bonchev–Trinajstić information content (AvgIpc) is 3.12. The van der Waals surface area contributed by atoms with Crippen LogP contribution in [-0.2, 0) is 0 Å². The summed E-state index contributed by atoms with van der Waals surface area (Å²) in [5.74, 6) is 0.419. The Bertz CT molecular complexity index is 773. The van der Waals surface area contributed by atoms with Crippen molar-refractivity contribution < 1.29 is 9.18 Å². The molecule has 1 amide bonds. The molecule has 0 bridgehead atoms. The van der Waals surface area contributed by atoms with Crippen LogP contribution >= 0.6 is 0 Å². The molecule has 0 radical (unpaired) electrons. The largest absolute Gasteiger partial charge is 0.338 e. The van der Waals surface area contributed by atoms with E-state index in [-0.39, 0.29) is 17.6 Å². The molecule has 4 heteroatoms. The Morgan fingerprint density at radius 1 is 0.963 bits per heavy atom. The van der Waals surface area contributed by atoms with Crippen molar-refractivity contribution in [2.75, 3.05) is 32.7 Å². The topological polar surface area (TPSA) is 23.6 Å². The number of halogens is 1. The Morgan fingerprint density at radius 3 is 2.48 bits per heavy atom. The van der Waals surface area contributed by atoms with Crippen LogP contribution in [0.1, 0.15) is 41.1 Å². The van der Waals surface area contributed by atoms with Crippen molar-refractivity contribution in [1.82, 2.24) is 9.80 Å². The molecule has 2 fully saturated rings. The molecule has 2 heterocycles. The number of carbonyl (C=O) groups is 1. The summed E-state index contributed by atoms with van der Waals surface area (Å²) in [6.45, 7) is 4.67. The van der Waals surface area contributed by atoms with Gasteiger partial charge in [-0.15, -0.1) is 0 Å². The van der Waals surface area contributed by atoms with Gasteiger partial charge in [-0.3, -0.25) is 4.79 Å². The fraction of sp³-hybridized carbons (Fsp3) is 0.435. The lowest BCUT2D eigenvalue weighted by atomic mass is 9.88. The zero-order valence-corrected chi connectivity index (χ0v) is 15.7. The second-order valence-electron chi connectivity index (χ2n) is 7.86. The first-order chi connectivity index (χ1) is 13.2. The molecule has 0 aromatic heterocycles. The summed E-state index contributed by atoms with van der Waals surface area (Å²) >= 11 is 0. The van der Waals surface area contributed by atoms with Crippen molar-refractivity contribution >= 4 is 5.91 Å². The van der Waals surface area contributed by atoms with E-state index in [1.54, 1.807) is 12.1 Å². The monoisotopic (exact) mass is 366 g/mol. The molecule has 2 aliphatic heterocycles. The van der Waals surface area contributed by atoms with Gasteiger partial charge in [-0.25, -0.2) is 4.39 Å². The van der Waals surface area contributed by atoms with Gasteiger partial charge < -0.3 is 9.80 Å². The molecule has 2 atom stereocenters. The quantitative estimate of drug-likeness (QED) is 0.811. The maximum Gasteiger partial charge on any atom is 0.253 e. The van der Waals surface area contributed by atoms with Gasteiger partial charge in [0.2, 0.25) is 0 Å². The first-order valence-electron chi connectivity index (χ1n) is 10.0. The molecular formula is C23H27FN2O. The highest BCUT2D eigenvalue weighted by Crippen LogP contribution is 2.35. The van der Waals surface area contributed by atoms with Crippen LogP contribution < -0.4 is 0 Å². The van der Waals surface area contributed by atoms with Crippen molar-refractivity contribution in [2.45, 2.75) is 25.2 Å². The molecule has 0 spiro atoms. The van der Waals surface area contributed by atoms with Gasteiger partial charge >= 0.3 is 0 Å². The third-order valence-electron chi connectivity index (χ3n) is 5.97. The fourth-order valence-corrected chi connectivity index (χ4v) is 4.57. The molecule has 2 saturated heterocycles. The van der Waals surface area contributed by atoms with E-state index in [2.05, 4.69) is 4.90 Å². The highest BCUT2D eigenvalue weighted by Gasteiger charge is 2.37. The number of rotatable bonds is 4. The zero-order chi connectivity index (χ0) is 18.6. The number of benzene rings is 2. The lowest BCUT2D eigenvalue weighted by molar-refractivity contribution is 0.0782. The predicted molar refractivity (Wildman–Crippen MR) is 105 cm³/mol. The van der Waals surface area contributed by atoms with Gasteiger partial charge in [0.25, 0.3) is 5.91 Å². The van der Waals surface area contributed by atoms with Crippen molar-refractivity contribution in [3.05, 3.63) is 71.5 Å². The van der Waals surface area contributed by atoms with E-state index < -0.39 is 0 Å². The van der Waals surface area contributed by atoms with Crippen molar-refractivity contribution in [3.8, 4) is 0 Å². The summed E-state index contributed by atoms with van der Waals surface area (Å²) in [6.07, 6.45) is 3.82. The predicted octanol–water partition coefficient (Wildman–Crippen LogP) is 4.17. The van der Waals surface area contributed by atoms with Crippen LogP contribution in [0.25, 0.3) is 0 Å². The molecule has 0 N–H and O–H groups in total. The highest BCUT2D eigenvalue weighted by atomic mass is 19.1. The minimum atomic E-state index is -0.197. The van der Waals surface area contributed by atoms with Crippen molar-refractivity contribution in [3.63, 3.8) is 0 Å². The second kappa shape index (κ2) is 8.22. The smallest absolute Gasteiger partial charge is 0.253 e. The van der Waals surface area contributed by atoms with E-state index >= 15 is 0 Å². The molecule has 2 aromatic rings. The van der Waals surface area contributed by atoms with Crippen LogP contribution in [0.5, 0.6) is 0 Å². The summed E-state index contributed by atoms with van der Waals surface area (Å²) in [4.78, 5) is 17.4. The molecule has 27 heavy (non-hydrogen) atoms. The van der Waals surface area contributed by atoms with Crippen molar-refractivity contribution in [2.24, 2.45) is 5.92 Å². The van der Waals surface area contributed by atoms with Crippen LogP contribution in [0.3, 0.4) is 0 Å².